The molecular formula is C14H16O3S. The van der Waals surface area contributed by atoms with Gasteiger partial charge in [-0.25, -0.2) is 0 Å². The molecule has 0 aliphatic carbocycles. The zero-order chi connectivity index (χ0) is 13.4. The highest BCUT2D eigenvalue weighted by Crippen LogP contribution is 2.09. The normalized spacial score (nSPS) is 10.1. The van der Waals surface area contributed by atoms with E-state index in [9.17, 15) is 8.42 Å². The highest BCUT2D eigenvalue weighted by Gasteiger charge is 2.01. The number of hydrogen-bond acceptors (Lipinski definition) is 3. The van der Waals surface area contributed by atoms with Crippen LogP contribution in [-0.2, 0) is 10.1 Å². The quantitative estimate of drug-likeness (QED) is 0.783. The average Bonchev–Trinajstić information content (AvgIpc) is 2.30. The van der Waals surface area contributed by atoms with Crippen LogP contribution >= 0.6 is 0 Å². The highest BCUT2D eigenvalue weighted by molar-refractivity contribution is 7.86. The minimum atomic E-state index is -3.38. The van der Waals surface area contributed by atoms with Crippen molar-refractivity contribution >= 4 is 10.1 Å². The summed E-state index contributed by atoms with van der Waals surface area (Å²) in [5, 5.41) is 0. The molecule has 3 nitrogen and oxygen atoms in total. The molecule has 0 aromatic heterocycles. The van der Waals surface area contributed by atoms with E-state index >= 15 is 0 Å². The van der Waals surface area contributed by atoms with Crippen LogP contribution in [0.3, 0.4) is 0 Å². The summed E-state index contributed by atoms with van der Waals surface area (Å²) < 4.78 is 25.7. The van der Waals surface area contributed by atoms with Crippen molar-refractivity contribution in [3.8, 4) is 5.75 Å². The number of para-hydroxylation sites is 1. The Labute approximate surface area is 108 Å². The molecule has 0 aliphatic rings. The first-order valence-corrected chi connectivity index (χ1v) is 7.25. The van der Waals surface area contributed by atoms with Crippen LogP contribution in [-0.4, -0.2) is 14.7 Å². The smallest absolute Gasteiger partial charge is 0.306 e. The SMILES string of the molecule is CS(=O)(=O)Oc1ccccc1.Cc1ccccc1. The lowest BCUT2D eigenvalue weighted by molar-refractivity contribution is 0.493. The fraction of sp³-hybridized carbons (Fsp3) is 0.143. The van der Waals surface area contributed by atoms with Gasteiger partial charge >= 0.3 is 10.1 Å². The lowest BCUT2D eigenvalue weighted by Crippen LogP contribution is -2.05. The van der Waals surface area contributed by atoms with Crippen molar-refractivity contribution in [3.63, 3.8) is 0 Å². The van der Waals surface area contributed by atoms with Gasteiger partial charge in [0.2, 0.25) is 0 Å². The molecule has 2 aromatic carbocycles. The predicted molar refractivity (Wildman–Crippen MR) is 73.1 cm³/mol. The second kappa shape index (κ2) is 6.81. The van der Waals surface area contributed by atoms with Crippen LogP contribution in [0.15, 0.2) is 60.7 Å². The summed E-state index contributed by atoms with van der Waals surface area (Å²) >= 11 is 0. The molecule has 0 fully saturated rings. The second-order valence-corrected chi connectivity index (χ2v) is 5.33. The van der Waals surface area contributed by atoms with Gasteiger partial charge in [0.25, 0.3) is 0 Å². The van der Waals surface area contributed by atoms with Crippen LogP contribution in [0.2, 0.25) is 0 Å². The highest BCUT2D eigenvalue weighted by atomic mass is 32.2. The summed E-state index contributed by atoms with van der Waals surface area (Å²) in [6, 6.07) is 18.6. The Kier molecular flexibility index (Phi) is 5.39. The van der Waals surface area contributed by atoms with Gasteiger partial charge in [-0.1, -0.05) is 54.1 Å². The Hall–Kier alpha value is -1.81. The maximum absolute atomic E-state index is 10.6. The third-order valence-electron chi connectivity index (χ3n) is 1.93. The van der Waals surface area contributed by atoms with E-state index in [4.69, 9.17) is 0 Å². The van der Waals surface area contributed by atoms with Gasteiger partial charge < -0.3 is 4.18 Å². The Balaban J connectivity index is 0.000000199. The zero-order valence-corrected chi connectivity index (χ0v) is 11.2. The Bertz CT molecular complexity index is 548. The minimum Gasteiger partial charge on any atom is -0.383 e. The van der Waals surface area contributed by atoms with Gasteiger partial charge in [0.1, 0.15) is 5.75 Å². The van der Waals surface area contributed by atoms with Crippen molar-refractivity contribution in [1.29, 1.82) is 0 Å². The topological polar surface area (TPSA) is 43.4 Å². The van der Waals surface area contributed by atoms with E-state index in [2.05, 4.69) is 23.2 Å². The first kappa shape index (κ1) is 14.3. The molecular weight excluding hydrogens is 248 g/mol. The maximum Gasteiger partial charge on any atom is 0.306 e. The van der Waals surface area contributed by atoms with Crippen molar-refractivity contribution < 1.29 is 12.6 Å². The monoisotopic (exact) mass is 264 g/mol. The van der Waals surface area contributed by atoms with Gasteiger partial charge in [-0.05, 0) is 19.1 Å². The first-order chi connectivity index (χ1) is 8.47. The van der Waals surface area contributed by atoms with Crippen molar-refractivity contribution in [2.75, 3.05) is 6.26 Å². The molecule has 0 radical (unpaired) electrons. The molecule has 4 heteroatoms. The molecule has 0 atom stereocenters. The molecule has 2 rings (SSSR count). The van der Waals surface area contributed by atoms with Gasteiger partial charge in [0.15, 0.2) is 0 Å². The van der Waals surface area contributed by atoms with E-state index < -0.39 is 10.1 Å². The molecule has 0 spiro atoms. The summed E-state index contributed by atoms with van der Waals surface area (Å²) in [6.45, 7) is 2.08. The summed E-state index contributed by atoms with van der Waals surface area (Å²) in [5.74, 6) is 0.343. The number of hydrogen-bond donors (Lipinski definition) is 0. The maximum atomic E-state index is 10.6. The molecule has 0 heterocycles. The standard InChI is InChI=1S/C7H8O3S.C7H8/c1-11(8,9)10-7-5-3-2-4-6-7;1-7-5-3-2-4-6-7/h2-6H,1H3;2-6H,1H3. The van der Waals surface area contributed by atoms with Gasteiger partial charge in [0.05, 0.1) is 6.26 Å². The third kappa shape index (κ3) is 6.70. The van der Waals surface area contributed by atoms with Crippen molar-refractivity contribution in [3.05, 3.63) is 66.2 Å². The average molecular weight is 264 g/mol. The van der Waals surface area contributed by atoms with Crippen LogP contribution in [0.1, 0.15) is 5.56 Å². The molecule has 0 saturated carbocycles. The van der Waals surface area contributed by atoms with Crippen LogP contribution in [0, 0.1) is 6.92 Å². The van der Waals surface area contributed by atoms with E-state index in [1.807, 2.05) is 18.2 Å². The zero-order valence-electron chi connectivity index (χ0n) is 10.4. The molecule has 0 bridgehead atoms. The van der Waals surface area contributed by atoms with E-state index in [1.54, 1.807) is 30.3 Å². The van der Waals surface area contributed by atoms with Gasteiger partial charge in [-0.2, -0.15) is 8.42 Å². The van der Waals surface area contributed by atoms with Crippen molar-refractivity contribution in [1.82, 2.24) is 0 Å². The Morgan fingerprint density at radius 2 is 1.28 bits per heavy atom. The van der Waals surface area contributed by atoms with Gasteiger partial charge in [-0.3, -0.25) is 0 Å². The molecule has 0 unspecified atom stereocenters. The minimum absolute atomic E-state index is 0.343. The Morgan fingerprint density at radius 1 is 0.833 bits per heavy atom. The summed E-state index contributed by atoms with van der Waals surface area (Å²) in [6.07, 6.45) is 1.01. The van der Waals surface area contributed by atoms with E-state index in [-0.39, 0.29) is 0 Å². The first-order valence-electron chi connectivity index (χ1n) is 5.43. The van der Waals surface area contributed by atoms with E-state index in [0.29, 0.717) is 5.75 Å². The van der Waals surface area contributed by atoms with Gasteiger partial charge in [0, 0.05) is 0 Å². The van der Waals surface area contributed by atoms with E-state index in [0.717, 1.165) is 6.26 Å². The van der Waals surface area contributed by atoms with Crippen LogP contribution < -0.4 is 4.18 Å². The molecule has 2 aromatic rings. The molecule has 0 N–H and O–H groups in total. The molecule has 96 valence electrons. The number of aryl methyl sites for hydroxylation is 1. The number of rotatable bonds is 2. The van der Waals surface area contributed by atoms with Crippen molar-refractivity contribution in [2.45, 2.75) is 6.92 Å². The summed E-state index contributed by atoms with van der Waals surface area (Å²) in [7, 11) is -3.38. The fourth-order valence-corrected chi connectivity index (χ4v) is 1.65. The van der Waals surface area contributed by atoms with Crippen LogP contribution in [0.4, 0.5) is 0 Å². The largest absolute Gasteiger partial charge is 0.383 e. The van der Waals surface area contributed by atoms with Gasteiger partial charge in [-0.15, -0.1) is 0 Å². The van der Waals surface area contributed by atoms with E-state index in [1.165, 1.54) is 5.56 Å². The lowest BCUT2D eigenvalue weighted by atomic mass is 10.2. The molecule has 18 heavy (non-hydrogen) atoms. The summed E-state index contributed by atoms with van der Waals surface area (Å²) in [5.41, 5.74) is 1.32. The number of benzene rings is 2. The summed E-state index contributed by atoms with van der Waals surface area (Å²) in [4.78, 5) is 0. The molecule has 0 saturated heterocycles. The third-order valence-corrected chi connectivity index (χ3v) is 2.43. The Morgan fingerprint density at radius 3 is 1.61 bits per heavy atom. The molecule has 0 amide bonds. The second-order valence-electron chi connectivity index (χ2n) is 3.76. The lowest BCUT2D eigenvalue weighted by Gasteiger charge is -1.99. The van der Waals surface area contributed by atoms with Crippen LogP contribution in [0.5, 0.6) is 5.75 Å². The predicted octanol–water partition coefficient (Wildman–Crippen LogP) is 3.02. The fourth-order valence-electron chi connectivity index (χ4n) is 1.19. The van der Waals surface area contributed by atoms with Crippen molar-refractivity contribution in [2.24, 2.45) is 0 Å². The molecule has 0 aliphatic heterocycles. The van der Waals surface area contributed by atoms with Crippen LogP contribution in [0.25, 0.3) is 0 Å².